The maximum atomic E-state index is 12.5. The molecule has 0 bridgehead atoms. The van der Waals surface area contributed by atoms with Crippen LogP contribution in [0.25, 0.3) is 0 Å². The van der Waals surface area contributed by atoms with Gasteiger partial charge >= 0.3 is 5.97 Å². The number of methoxy groups -OCH3 is 1. The van der Waals surface area contributed by atoms with E-state index < -0.39 is 0 Å². The number of benzene rings is 1. The van der Waals surface area contributed by atoms with Crippen molar-refractivity contribution in [2.75, 3.05) is 20.2 Å². The number of ether oxygens (including phenoxy) is 1. The summed E-state index contributed by atoms with van der Waals surface area (Å²) in [6.45, 7) is 1.77. The number of nitrogens with zero attached hydrogens (tertiary/aromatic N) is 3. The van der Waals surface area contributed by atoms with Gasteiger partial charge in [0, 0.05) is 37.6 Å². The quantitative estimate of drug-likeness (QED) is 0.710. The number of nitriles is 1. The molecule has 0 radical (unpaired) electrons. The maximum absolute atomic E-state index is 12.5. The van der Waals surface area contributed by atoms with Crippen molar-refractivity contribution in [3.05, 3.63) is 53.6 Å². The van der Waals surface area contributed by atoms with Gasteiger partial charge in [-0.1, -0.05) is 12.1 Å². The summed E-state index contributed by atoms with van der Waals surface area (Å²) in [5, 5.41) is 15.0. The topological polar surface area (TPSA) is 109 Å². The van der Waals surface area contributed by atoms with Gasteiger partial charge in [-0.05, 0) is 24.1 Å². The molecule has 28 heavy (non-hydrogen) atoms. The largest absolute Gasteiger partial charge is 0.469 e. The number of piperidine rings is 1. The molecule has 1 amide bonds. The van der Waals surface area contributed by atoms with Gasteiger partial charge in [-0.2, -0.15) is 5.26 Å². The molecule has 1 saturated heterocycles. The van der Waals surface area contributed by atoms with E-state index in [4.69, 9.17) is 10.00 Å². The van der Waals surface area contributed by atoms with Crippen LogP contribution < -0.4 is 10.6 Å². The van der Waals surface area contributed by atoms with Gasteiger partial charge in [0.2, 0.25) is 5.91 Å². The first kappa shape index (κ1) is 19.6. The summed E-state index contributed by atoms with van der Waals surface area (Å²) < 4.78 is 6.71. The molecule has 8 heteroatoms. The highest BCUT2D eigenvalue weighted by Gasteiger charge is 2.28. The molecular weight excluding hydrogens is 358 g/mol. The van der Waals surface area contributed by atoms with Crippen LogP contribution >= 0.6 is 0 Å². The Bertz CT molecular complexity index is 869. The predicted molar refractivity (Wildman–Crippen MR) is 101 cm³/mol. The molecule has 2 atom stereocenters. The summed E-state index contributed by atoms with van der Waals surface area (Å²) in [6.07, 6.45) is 4.14. The van der Waals surface area contributed by atoms with Crippen LogP contribution in [0.4, 0.5) is 0 Å². The molecule has 8 nitrogen and oxygen atoms in total. The van der Waals surface area contributed by atoms with Gasteiger partial charge in [-0.15, -0.1) is 0 Å². The third kappa shape index (κ3) is 4.96. The van der Waals surface area contributed by atoms with E-state index in [1.807, 2.05) is 16.7 Å². The van der Waals surface area contributed by atoms with Crippen molar-refractivity contribution in [1.29, 1.82) is 5.26 Å². The molecule has 0 unspecified atom stereocenters. The number of esters is 1. The Labute approximate surface area is 163 Å². The average molecular weight is 381 g/mol. The van der Waals surface area contributed by atoms with Crippen molar-refractivity contribution in [1.82, 2.24) is 20.2 Å². The number of carbonyl (C=O) groups is 2. The van der Waals surface area contributed by atoms with E-state index in [1.54, 1.807) is 24.7 Å². The summed E-state index contributed by atoms with van der Waals surface area (Å²) in [5.74, 6) is -0.614. The molecule has 0 saturated carbocycles. The molecule has 146 valence electrons. The van der Waals surface area contributed by atoms with Crippen LogP contribution in [-0.4, -0.2) is 47.7 Å². The smallest absolute Gasteiger partial charge is 0.310 e. The van der Waals surface area contributed by atoms with E-state index >= 15 is 0 Å². The summed E-state index contributed by atoms with van der Waals surface area (Å²) >= 11 is 0. The molecule has 2 heterocycles. The lowest BCUT2D eigenvalue weighted by Crippen LogP contribution is -2.51. The Balaban J connectivity index is 1.57. The van der Waals surface area contributed by atoms with Gasteiger partial charge < -0.3 is 19.9 Å². The first-order valence-electron chi connectivity index (χ1n) is 9.15. The van der Waals surface area contributed by atoms with Crippen molar-refractivity contribution < 1.29 is 14.3 Å². The molecule has 1 aromatic heterocycles. The first-order chi connectivity index (χ1) is 13.6. The number of hydrogen-bond donors (Lipinski definition) is 2. The number of hydrogen-bond acceptors (Lipinski definition) is 6. The molecule has 1 fully saturated rings. The number of amides is 1. The fourth-order valence-electron chi connectivity index (χ4n) is 3.36. The van der Waals surface area contributed by atoms with Crippen LogP contribution in [0.1, 0.15) is 23.2 Å². The minimum atomic E-state index is -0.257. The average Bonchev–Trinajstić information content (AvgIpc) is 3.14. The number of aromatic nitrogens is 2. The normalized spacial score (nSPS) is 18.9. The SMILES string of the molecule is COC(=O)[C@H]1CNC[C@@H](NC(=O)Cc2cncn2Cc2ccc(C#N)cc2)C1. The van der Waals surface area contributed by atoms with Crippen molar-refractivity contribution in [2.24, 2.45) is 5.92 Å². The van der Waals surface area contributed by atoms with Gasteiger partial charge in [-0.25, -0.2) is 4.98 Å². The number of nitrogens with one attached hydrogen (secondary N) is 2. The first-order valence-corrected chi connectivity index (χ1v) is 9.15. The van der Waals surface area contributed by atoms with Gasteiger partial charge in [0.15, 0.2) is 0 Å². The molecule has 2 N–H and O–H groups in total. The lowest BCUT2D eigenvalue weighted by Gasteiger charge is -2.29. The summed E-state index contributed by atoms with van der Waals surface area (Å²) in [5.41, 5.74) is 2.44. The molecule has 2 aromatic rings. The molecule has 0 spiro atoms. The Morgan fingerprint density at radius 3 is 2.86 bits per heavy atom. The second-order valence-corrected chi connectivity index (χ2v) is 6.88. The fraction of sp³-hybridized carbons (Fsp3) is 0.400. The van der Waals surface area contributed by atoms with E-state index in [-0.39, 0.29) is 30.3 Å². The minimum absolute atomic E-state index is 0.111. The lowest BCUT2D eigenvalue weighted by molar-refractivity contribution is -0.146. The van der Waals surface area contributed by atoms with Crippen molar-refractivity contribution in [3.8, 4) is 6.07 Å². The van der Waals surface area contributed by atoms with E-state index in [0.29, 0.717) is 31.6 Å². The molecule has 3 rings (SSSR count). The summed E-state index contributed by atoms with van der Waals surface area (Å²) in [4.78, 5) is 28.3. The third-order valence-electron chi connectivity index (χ3n) is 4.83. The predicted octanol–water partition coefficient (Wildman–Crippen LogP) is 0.613. The summed E-state index contributed by atoms with van der Waals surface area (Å²) in [6, 6.07) is 9.31. The van der Waals surface area contributed by atoms with Crippen LogP contribution in [0.2, 0.25) is 0 Å². The zero-order valence-corrected chi connectivity index (χ0v) is 15.7. The molecule has 1 aliphatic heterocycles. The Hall–Kier alpha value is -3.18. The Morgan fingerprint density at radius 1 is 1.36 bits per heavy atom. The van der Waals surface area contributed by atoms with Crippen LogP contribution in [0.15, 0.2) is 36.8 Å². The van der Waals surface area contributed by atoms with E-state index in [0.717, 1.165) is 11.3 Å². The highest BCUT2D eigenvalue weighted by molar-refractivity contribution is 5.78. The number of rotatable bonds is 6. The maximum Gasteiger partial charge on any atom is 0.310 e. The van der Waals surface area contributed by atoms with Crippen molar-refractivity contribution in [3.63, 3.8) is 0 Å². The van der Waals surface area contributed by atoms with E-state index in [2.05, 4.69) is 21.7 Å². The highest BCUT2D eigenvalue weighted by atomic mass is 16.5. The second-order valence-electron chi connectivity index (χ2n) is 6.88. The van der Waals surface area contributed by atoms with Crippen LogP contribution in [0.5, 0.6) is 0 Å². The van der Waals surface area contributed by atoms with Gasteiger partial charge in [0.1, 0.15) is 0 Å². The van der Waals surface area contributed by atoms with Gasteiger partial charge in [0.05, 0.1) is 37.4 Å². The molecule has 0 aliphatic carbocycles. The minimum Gasteiger partial charge on any atom is -0.469 e. The van der Waals surface area contributed by atoms with E-state index in [9.17, 15) is 9.59 Å². The van der Waals surface area contributed by atoms with E-state index in [1.165, 1.54) is 7.11 Å². The molecule has 1 aliphatic rings. The van der Waals surface area contributed by atoms with Crippen LogP contribution in [0, 0.1) is 17.2 Å². The monoisotopic (exact) mass is 381 g/mol. The Morgan fingerprint density at radius 2 is 2.14 bits per heavy atom. The number of carbonyl (C=O) groups excluding carboxylic acids is 2. The number of imidazole rings is 1. The van der Waals surface area contributed by atoms with Crippen LogP contribution in [-0.2, 0) is 27.3 Å². The van der Waals surface area contributed by atoms with Gasteiger partial charge in [0.25, 0.3) is 0 Å². The molecule has 1 aromatic carbocycles. The lowest BCUT2D eigenvalue weighted by atomic mass is 9.95. The zero-order valence-electron chi connectivity index (χ0n) is 15.7. The van der Waals surface area contributed by atoms with Gasteiger partial charge in [-0.3, -0.25) is 9.59 Å². The van der Waals surface area contributed by atoms with Crippen LogP contribution in [0.3, 0.4) is 0 Å². The highest BCUT2D eigenvalue weighted by Crippen LogP contribution is 2.13. The Kier molecular flexibility index (Phi) is 6.40. The van der Waals surface area contributed by atoms with Crippen molar-refractivity contribution in [2.45, 2.75) is 25.4 Å². The van der Waals surface area contributed by atoms with Crippen molar-refractivity contribution >= 4 is 11.9 Å². The standard InChI is InChI=1S/C20H23N5O3/c1-28-20(27)16-6-17(10-22-9-16)24-19(26)7-18-11-23-13-25(18)12-15-4-2-14(8-21)3-5-15/h2-5,11,13,16-17,22H,6-7,9-10,12H2,1H3,(H,24,26)/t16-,17+/m1/s1. The molecular formula is C20H23N5O3. The zero-order chi connectivity index (χ0) is 19.9. The summed E-state index contributed by atoms with van der Waals surface area (Å²) in [7, 11) is 1.37. The fourth-order valence-corrected chi connectivity index (χ4v) is 3.36. The second kappa shape index (κ2) is 9.15. The third-order valence-corrected chi connectivity index (χ3v) is 4.83.